The van der Waals surface area contributed by atoms with Crippen molar-refractivity contribution in [3.05, 3.63) is 23.8 Å². The van der Waals surface area contributed by atoms with E-state index >= 15 is 0 Å². The van der Waals surface area contributed by atoms with Crippen LogP contribution in [0.2, 0.25) is 0 Å². The van der Waals surface area contributed by atoms with E-state index in [2.05, 4.69) is 10.6 Å². The minimum atomic E-state index is -1.08. The van der Waals surface area contributed by atoms with Crippen LogP contribution in [-0.4, -0.2) is 29.6 Å². The Bertz CT molecular complexity index is 487. The first-order chi connectivity index (χ1) is 8.59. The highest BCUT2D eigenvalue weighted by Crippen LogP contribution is 2.24. The molecule has 1 aliphatic heterocycles. The molecular formula is C12H15N3O3. The molecule has 1 saturated heterocycles. The van der Waals surface area contributed by atoms with Crippen LogP contribution < -0.4 is 16.4 Å². The lowest BCUT2D eigenvalue weighted by Crippen LogP contribution is -2.44. The van der Waals surface area contributed by atoms with Gasteiger partial charge in [0.25, 0.3) is 0 Å². The fraction of sp³-hybridized carbons (Fsp3) is 0.333. The summed E-state index contributed by atoms with van der Waals surface area (Å²) in [5.74, 6) is -1.16. The van der Waals surface area contributed by atoms with Crippen LogP contribution in [0.1, 0.15) is 23.2 Å². The molecule has 0 radical (unpaired) electrons. The van der Waals surface area contributed by atoms with Gasteiger partial charge in [0.2, 0.25) is 5.91 Å². The highest BCUT2D eigenvalue weighted by Gasteiger charge is 2.23. The molecule has 0 aromatic heterocycles. The lowest BCUT2D eigenvalue weighted by Gasteiger charge is -2.24. The summed E-state index contributed by atoms with van der Waals surface area (Å²) in [5.41, 5.74) is 6.45. The maximum absolute atomic E-state index is 11.6. The van der Waals surface area contributed by atoms with Crippen molar-refractivity contribution in [2.75, 3.05) is 17.6 Å². The Labute approximate surface area is 104 Å². The molecule has 18 heavy (non-hydrogen) atoms. The number of aromatic carboxylic acids is 1. The van der Waals surface area contributed by atoms with Crippen LogP contribution in [0, 0.1) is 0 Å². The van der Waals surface area contributed by atoms with E-state index < -0.39 is 5.97 Å². The van der Waals surface area contributed by atoms with Gasteiger partial charge in [0.15, 0.2) is 0 Å². The van der Waals surface area contributed by atoms with Gasteiger partial charge in [-0.25, -0.2) is 4.79 Å². The Hall–Kier alpha value is -2.24. The number of piperidine rings is 1. The minimum Gasteiger partial charge on any atom is -0.478 e. The predicted molar refractivity (Wildman–Crippen MR) is 67.5 cm³/mol. The van der Waals surface area contributed by atoms with Gasteiger partial charge in [0, 0.05) is 6.54 Å². The molecule has 1 aromatic rings. The van der Waals surface area contributed by atoms with Crippen LogP contribution in [-0.2, 0) is 4.79 Å². The Balaban J connectivity index is 2.21. The van der Waals surface area contributed by atoms with E-state index in [4.69, 9.17) is 10.8 Å². The number of carboxylic acids is 1. The molecule has 1 atom stereocenters. The number of anilines is 2. The third-order valence-corrected chi connectivity index (χ3v) is 2.95. The first-order valence-electron chi connectivity index (χ1n) is 5.75. The number of nitrogens with two attached hydrogens (primary N) is 1. The van der Waals surface area contributed by atoms with Crippen LogP contribution in [0.25, 0.3) is 0 Å². The summed E-state index contributed by atoms with van der Waals surface area (Å²) < 4.78 is 0. The van der Waals surface area contributed by atoms with E-state index in [-0.39, 0.29) is 23.2 Å². The standard InChI is InChI=1S/C12H15N3O3/c13-10-7(12(17)18)3-1-4-8(10)15-9-5-2-6-14-11(9)16/h1,3-4,9,15H,2,5-6,13H2,(H,14,16)(H,17,18). The van der Waals surface area contributed by atoms with Crippen molar-refractivity contribution in [3.63, 3.8) is 0 Å². The Morgan fingerprint density at radius 2 is 2.28 bits per heavy atom. The van der Waals surface area contributed by atoms with E-state index in [0.717, 1.165) is 6.42 Å². The number of carboxylic acid groups (broad SMARTS) is 1. The van der Waals surface area contributed by atoms with Crippen LogP contribution in [0.3, 0.4) is 0 Å². The number of nitrogens with one attached hydrogen (secondary N) is 2. The van der Waals surface area contributed by atoms with Crippen LogP contribution in [0.4, 0.5) is 11.4 Å². The van der Waals surface area contributed by atoms with Crippen molar-refractivity contribution in [3.8, 4) is 0 Å². The van der Waals surface area contributed by atoms with E-state index in [1.54, 1.807) is 12.1 Å². The second-order valence-corrected chi connectivity index (χ2v) is 4.20. The number of nitrogen functional groups attached to an aromatic ring is 1. The largest absolute Gasteiger partial charge is 0.478 e. The SMILES string of the molecule is Nc1c(NC2CCCNC2=O)cccc1C(=O)O. The van der Waals surface area contributed by atoms with Gasteiger partial charge in [-0.1, -0.05) is 6.07 Å². The second-order valence-electron chi connectivity index (χ2n) is 4.20. The number of hydrogen-bond donors (Lipinski definition) is 4. The topological polar surface area (TPSA) is 104 Å². The highest BCUT2D eigenvalue weighted by molar-refractivity contribution is 5.97. The Morgan fingerprint density at radius 1 is 1.50 bits per heavy atom. The molecule has 0 saturated carbocycles. The summed E-state index contributed by atoms with van der Waals surface area (Å²) in [4.78, 5) is 22.5. The van der Waals surface area contributed by atoms with Gasteiger partial charge < -0.3 is 21.5 Å². The van der Waals surface area contributed by atoms with E-state index in [1.807, 2.05) is 0 Å². The fourth-order valence-corrected chi connectivity index (χ4v) is 1.98. The second kappa shape index (κ2) is 4.95. The van der Waals surface area contributed by atoms with Crippen molar-refractivity contribution < 1.29 is 14.7 Å². The first-order valence-corrected chi connectivity index (χ1v) is 5.75. The average Bonchev–Trinajstić information content (AvgIpc) is 2.34. The van der Waals surface area contributed by atoms with E-state index in [1.165, 1.54) is 6.07 Å². The summed E-state index contributed by atoms with van der Waals surface area (Å²) >= 11 is 0. The zero-order chi connectivity index (χ0) is 13.1. The van der Waals surface area contributed by atoms with Crippen LogP contribution >= 0.6 is 0 Å². The third-order valence-electron chi connectivity index (χ3n) is 2.95. The van der Waals surface area contributed by atoms with Crippen molar-refractivity contribution in [2.45, 2.75) is 18.9 Å². The molecule has 2 rings (SSSR count). The van der Waals surface area contributed by atoms with Crippen LogP contribution in [0.15, 0.2) is 18.2 Å². The van der Waals surface area contributed by atoms with Crippen LogP contribution in [0.5, 0.6) is 0 Å². The summed E-state index contributed by atoms with van der Waals surface area (Å²) in [6.45, 7) is 0.682. The average molecular weight is 249 g/mol. The quantitative estimate of drug-likeness (QED) is 0.589. The van der Waals surface area contributed by atoms with Gasteiger partial charge in [-0.15, -0.1) is 0 Å². The highest BCUT2D eigenvalue weighted by atomic mass is 16.4. The number of para-hydroxylation sites is 1. The number of amides is 1. The zero-order valence-electron chi connectivity index (χ0n) is 9.77. The monoisotopic (exact) mass is 249 g/mol. The molecule has 1 heterocycles. The molecule has 1 amide bonds. The van der Waals surface area contributed by atoms with Gasteiger partial charge in [-0.05, 0) is 25.0 Å². The summed E-state index contributed by atoms with van der Waals surface area (Å²) in [5, 5.41) is 14.7. The molecular weight excluding hydrogens is 234 g/mol. The molecule has 0 spiro atoms. The smallest absolute Gasteiger partial charge is 0.337 e. The van der Waals surface area contributed by atoms with E-state index in [0.29, 0.717) is 18.7 Å². The Morgan fingerprint density at radius 3 is 2.94 bits per heavy atom. The third kappa shape index (κ3) is 2.37. The molecule has 5 N–H and O–H groups in total. The lowest BCUT2D eigenvalue weighted by molar-refractivity contribution is -0.123. The number of hydrogen-bond acceptors (Lipinski definition) is 4. The Kier molecular flexibility index (Phi) is 3.36. The molecule has 96 valence electrons. The minimum absolute atomic E-state index is 0.0382. The molecule has 6 nitrogen and oxygen atoms in total. The van der Waals surface area contributed by atoms with Crippen molar-refractivity contribution in [1.82, 2.24) is 5.32 Å². The van der Waals surface area contributed by atoms with Gasteiger partial charge in [-0.3, -0.25) is 4.79 Å². The maximum atomic E-state index is 11.6. The summed E-state index contributed by atoms with van der Waals surface area (Å²) in [6, 6.07) is 4.35. The van der Waals surface area contributed by atoms with Crippen molar-refractivity contribution in [1.29, 1.82) is 0 Å². The first kappa shape index (κ1) is 12.2. The number of carbonyl (C=O) groups is 2. The molecule has 0 aliphatic carbocycles. The van der Waals surface area contributed by atoms with Gasteiger partial charge in [0.1, 0.15) is 6.04 Å². The van der Waals surface area contributed by atoms with Crippen molar-refractivity contribution >= 4 is 23.3 Å². The van der Waals surface area contributed by atoms with Gasteiger partial charge in [-0.2, -0.15) is 0 Å². The number of rotatable bonds is 3. The van der Waals surface area contributed by atoms with Gasteiger partial charge in [0.05, 0.1) is 16.9 Å². The number of carbonyl (C=O) groups excluding carboxylic acids is 1. The molecule has 0 bridgehead atoms. The van der Waals surface area contributed by atoms with Crippen molar-refractivity contribution in [2.24, 2.45) is 0 Å². The molecule has 1 aliphatic rings. The molecule has 6 heteroatoms. The predicted octanol–water partition coefficient (Wildman–Crippen LogP) is 0.657. The molecule has 1 unspecified atom stereocenters. The lowest BCUT2D eigenvalue weighted by atomic mass is 10.1. The van der Waals surface area contributed by atoms with E-state index in [9.17, 15) is 9.59 Å². The fourth-order valence-electron chi connectivity index (χ4n) is 1.98. The summed E-state index contributed by atoms with van der Waals surface area (Å²) in [7, 11) is 0. The normalized spacial score (nSPS) is 19.1. The molecule has 1 aromatic carbocycles. The maximum Gasteiger partial charge on any atom is 0.337 e. The van der Waals surface area contributed by atoms with Gasteiger partial charge >= 0.3 is 5.97 Å². The molecule has 1 fully saturated rings. The number of benzene rings is 1. The zero-order valence-corrected chi connectivity index (χ0v) is 9.77. The summed E-state index contributed by atoms with van der Waals surface area (Å²) in [6.07, 6.45) is 1.60.